The average molecular weight is 326 g/mol. The number of halogens is 2. The molecule has 100 valence electrons. The van der Waals surface area contributed by atoms with Gasteiger partial charge in [-0.1, -0.05) is 15.9 Å². The van der Waals surface area contributed by atoms with Crippen molar-refractivity contribution in [3.63, 3.8) is 0 Å². The Hall–Kier alpha value is -1.69. The normalized spacial score (nSPS) is 10.6. The molecule has 0 aliphatic heterocycles. The molecule has 1 N–H and O–H groups in total. The molecule has 0 radical (unpaired) electrons. The number of carbonyl (C=O) groups is 1. The molecule has 0 bridgehead atoms. The molecule has 0 unspecified atom stereocenters. The summed E-state index contributed by atoms with van der Waals surface area (Å²) in [5, 5.41) is 6.89. The number of amides is 1. The molecule has 0 atom stereocenters. The first-order valence-electron chi connectivity index (χ1n) is 5.66. The van der Waals surface area contributed by atoms with Gasteiger partial charge in [-0.2, -0.15) is 5.10 Å². The van der Waals surface area contributed by atoms with Gasteiger partial charge in [0.1, 0.15) is 5.82 Å². The Morgan fingerprint density at radius 1 is 1.42 bits per heavy atom. The fourth-order valence-electron chi connectivity index (χ4n) is 1.81. The van der Waals surface area contributed by atoms with Crippen LogP contribution in [0.25, 0.3) is 0 Å². The first-order chi connectivity index (χ1) is 8.90. The Morgan fingerprint density at radius 2 is 2.11 bits per heavy atom. The molecule has 19 heavy (non-hydrogen) atoms. The summed E-state index contributed by atoms with van der Waals surface area (Å²) in [6, 6.07) is 4.33. The van der Waals surface area contributed by atoms with E-state index < -0.39 is 11.7 Å². The number of aromatic nitrogens is 2. The second-order valence-corrected chi connectivity index (χ2v) is 5.16. The van der Waals surface area contributed by atoms with E-state index in [1.54, 1.807) is 24.7 Å². The molecule has 0 fully saturated rings. The monoisotopic (exact) mass is 325 g/mol. The van der Waals surface area contributed by atoms with Crippen LogP contribution in [0.2, 0.25) is 0 Å². The molecule has 1 aromatic heterocycles. The maximum absolute atomic E-state index is 13.7. The van der Waals surface area contributed by atoms with Crippen LogP contribution in [0.3, 0.4) is 0 Å². The Balaban J connectivity index is 2.31. The molecule has 1 amide bonds. The van der Waals surface area contributed by atoms with Crippen molar-refractivity contribution < 1.29 is 9.18 Å². The Labute approximate surface area is 118 Å². The summed E-state index contributed by atoms with van der Waals surface area (Å²) in [6.45, 7) is 3.63. The fraction of sp³-hybridized carbons (Fsp3) is 0.231. The second kappa shape index (κ2) is 5.13. The van der Waals surface area contributed by atoms with Gasteiger partial charge >= 0.3 is 0 Å². The molecule has 0 saturated heterocycles. The lowest BCUT2D eigenvalue weighted by atomic mass is 10.2. The largest absolute Gasteiger partial charge is 0.319 e. The predicted octanol–water partition coefficient (Wildman–Crippen LogP) is 3.19. The van der Waals surface area contributed by atoms with Gasteiger partial charge in [0.2, 0.25) is 0 Å². The van der Waals surface area contributed by atoms with Gasteiger partial charge in [-0.15, -0.1) is 0 Å². The SMILES string of the molecule is Cc1nn(C)c(C)c1NC(=O)c1ccc(Br)cc1F. The van der Waals surface area contributed by atoms with Gasteiger partial charge in [0.25, 0.3) is 5.91 Å². The molecule has 2 aromatic rings. The van der Waals surface area contributed by atoms with E-state index in [0.29, 0.717) is 15.9 Å². The maximum atomic E-state index is 13.7. The topological polar surface area (TPSA) is 46.9 Å². The Bertz CT molecular complexity index is 652. The first-order valence-corrected chi connectivity index (χ1v) is 6.46. The van der Waals surface area contributed by atoms with Crippen LogP contribution < -0.4 is 5.32 Å². The number of hydrogen-bond acceptors (Lipinski definition) is 2. The van der Waals surface area contributed by atoms with Crippen molar-refractivity contribution in [1.29, 1.82) is 0 Å². The molecule has 6 heteroatoms. The highest BCUT2D eigenvalue weighted by atomic mass is 79.9. The number of nitrogens with zero attached hydrogens (tertiary/aromatic N) is 2. The minimum atomic E-state index is -0.564. The lowest BCUT2D eigenvalue weighted by molar-refractivity contribution is 0.102. The van der Waals surface area contributed by atoms with E-state index in [1.807, 2.05) is 6.92 Å². The molecule has 1 aromatic carbocycles. The number of anilines is 1. The van der Waals surface area contributed by atoms with E-state index in [9.17, 15) is 9.18 Å². The Morgan fingerprint density at radius 3 is 2.63 bits per heavy atom. The van der Waals surface area contributed by atoms with Crippen LogP contribution in [0.1, 0.15) is 21.7 Å². The molecular weight excluding hydrogens is 313 g/mol. The van der Waals surface area contributed by atoms with Gasteiger partial charge in [0, 0.05) is 11.5 Å². The summed E-state index contributed by atoms with van der Waals surface area (Å²) in [5.74, 6) is -1.05. The highest BCUT2D eigenvalue weighted by Gasteiger charge is 2.16. The average Bonchev–Trinajstić information content (AvgIpc) is 2.56. The summed E-state index contributed by atoms with van der Waals surface area (Å²) < 4.78 is 16.0. The number of hydrogen-bond donors (Lipinski definition) is 1. The molecule has 4 nitrogen and oxygen atoms in total. The summed E-state index contributed by atoms with van der Waals surface area (Å²) in [7, 11) is 1.79. The lowest BCUT2D eigenvalue weighted by Crippen LogP contribution is -2.14. The standard InChI is InChI=1S/C13H13BrFN3O/c1-7-12(8(2)18(3)17-7)16-13(19)10-5-4-9(14)6-11(10)15/h4-6H,1-3H3,(H,16,19). The molecule has 0 spiro atoms. The van der Waals surface area contributed by atoms with E-state index in [4.69, 9.17) is 0 Å². The van der Waals surface area contributed by atoms with Crippen LogP contribution in [0.5, 0.6) is 0 Å². The van der Waals surface area contributed by atoms with E-state index in [0.717, 1.165) is 5.69 Å². The molecule has 0 aliphatic carbocycles. The fourth-order valence-corrected chi connectivity index (χ4v) is 2.14. The zero-order chi connectivity index (χ0) is 14.2. The highest BCUT2D eigenvalue weighted by Crippen LogP contribution is 2.21. The van der Waals surface area contributed by atoms with Crippen LogP contribution in [0.15, 0.2) is 22.7 Å². The van der Waals surface area contributed by atoms with Crippen molar-refractivity contribution in [2.75, 3.05) is 5.32 Å². The van der Waals surface area contributed by atoms with Crippen LogP contribution in [-0.4, -0.2) is 15.7 Å². The lowest BCUT2D eigenvalue weighted by Gasteiger charge is -2.07. The van der Waals surface area contributed by atoms with Crippen molar-refractivity contribution in [2.45, 2.75) is 13.8 Å². The number of aryl methyl sites for hydroxylation is 2. The minimum absolute atomic E-state index is 0.00542. The summed E-state index contributed by atoms with van der Waals surface area (Å²) >= 11 is 3.15. The second-order valence-electron chi connectivity index (χ2n) is 4.25. The predicted molar refractivity (Wildman–Crippen MR) is 74.7 cm³/mol. The van der Waals surface area contributed by atoms with Crippen molar-refractivity contribution in [3.05, 3.63) is 45.4 Å². The summed E-state index contributed by atoms with van der Waals surface area (Å²) in [5.41, 5.74) is 2.15. The van der Waals surface area contributed by atoms with Crippen molar-refractivity contribution in [1.82, 2.24) is 9.78 Å². The Kier molecular flexibility index (Phi) is 3.71. The number of nitrogens with one attached hydrogen (secondary N) is 1. The van der Waals surface area contributed by atoms with Gasteiger partial charge in [-0.05, 0) is 32.0 Å². The number of benzene rings is 1. The first kappa shape index (κ1) is 13.7. The van der Waals surface area contributed by atoms with Gasteiger partial charge in [-0.3, -0.25) is 9.48 Å². The quantitative estimate of drug-likeness (QED) is 0.921. The molecule has 0 saturated carbocycles. The molecule has 0 aliphatic rings. The third-order valence-corrected chi connectivity index (χ3v) is 3.42. The summed E-state index contributed by atoms with van der Waals surface area (Å²) in [4.78, 5) is 12.1. The molecule has 1 heterocycles. The van der Waals surface area contributed by atoms with Crippen molar-refractivity contribution in [2.24, 2.45) is 7.05 Å². The zero-order valence-corrected chi connectivity index (χ0v) is 12.4. The van der Waals surface area contributed by atoms with Gasteiger partial charge in [-0.25, -0.2) is 4.39 Å². The van der Waals surface area contributed by atoms with Crippen molar-refractivity contribution in [3.8, 4) is 0 Å². The van der Waals surface area contributed by atoms with E-state index in [1.165, 1.54) is 12.1 Å². The zero-order valence-electron chi connectivity index (χ0n) is 10.8. The van der Waals surface area contributed by atoms with Crippen LogP contribution in [0.4, 0.5) is 10.1 Å². The maximum Gasteiger partial charge on any atom is 0.258 e. The van der Waals surface area contributed by atoms with Crippen molar-refractivity contribution >= 4 is 27.5 Å². The van der Waals surface area contributed by atoms with E-state index in [-0.39, 0.29) is 5.56 Å². The van der Waals surface area contributed by atoms with Crippen LogP contribution >= 0.6 is 15.9 Å². The van der Waals surface area contributed by atoms with Crippen LogP contribution in [-0.2, 0) is 7.05 Å². The number of carbonyl (C=O) groups excluding carboxylic acids is 1. The van der Waals surface area contributed by atoms with Gasteiger partial charge in [0.15, 0.2) is 0 Å². The van der Waals surface area contributed by atoms with Crippen LogP contribution in [0, 0.1) is 19.7 Å². The molecule has 2 rings (SSSR count). The summed E-state index contributed by atoms with van der Waals surface area (Å²) in [6.07, 6.45) is 0. The third kappa shape index (κ3) is 2.68. The smallest absolute Gasteiger partial charge is 0.258 e. The van der Waals surface area contributed by atoms with E-state index in [2.05, 4.69) is 26.3 Å². The van der Waals surface area contributed by atoms with Gasteiger partial charge in [0.05, 0.1) is 22.6 Å². The van der Waals surface area contributed by atoms with Gasteiger partial charge < -0.3 is 5.32 Å². The molecular formula is C13H13BrFN3O. The highest BCUT2D eigenvalue weighted by molar-refractivity contribution is 9.10. The third-order valence-electron chi connectivity index (χ3n) is 2.92. The minimum Gasteiger partial charge on any atom is -0.319 e. The number of rotatable bonds is 2. The van der Waals surface area contributed by atoms with E-state index >= 15 is 0 Å².